The van der Waals surface area contributed by atoms with Crippen LogP contribution in [0.1, 0.15) is 5.56 Å². The SMILES string of the molecule is O=c1[nH]nc(Sc2ccc(C(F)(F)F)cc2[N+](=O)[O-])n1-c1ccccc1F. The number of aromatic amines is 1. The van der Waals surface area contributed by atoms with Crippen molar-refractivity contribution in [3.8, 4) is 5.69 Å². The van der Waals surface area contributed by atoms with E-state index >= 15 is 0 Å². The number of hydrogen-bond donors (Lipinski definition) is 1. The molecule has 1 N–H and O–H groups in total. The third-order valence-electron chi connectivity index (χ3n) is 3.42. The molecule has 2 aromatic carbocycles. The number of alkyl halides is 3. The van der Waals surface area contributed by atoms with E-state index in [0.717, 1.165) is 16.7 Å². The molecule has 0 unspecified atom stereocenters. The largest absolute Gasteiger partial charge is 0.416 e. The van der Waals surface area contributed by atoms with Gasteiger partial charge in [0, 0.05) is 6.07 Å². The number of halogens is 4. The second-order valence-electron chi connectivity index (χ2n) is 5.14. The van der Waals surface area contributed by atoms with Crippen LogP contribution in [-0.4, -0.2) is 19.7 Å². The van der Waals surface area contributed by atoms with Crippen LogP contribution in [-0.2, 0) is 6.18 Å². The van der Waals surface area contributed by atoms with E-state index in [9.17, 15) is 32.5 Å². The summed E-state index contributed by atoms with van der Waals surface area (Å²) in [5.74, 6) is -0.746. The van der Waals surface area contributed by atoms with Crippen molar-refractivity contribution in [2.75, 3.05) is 0 Å². The third kappa shape index (κ3) is 3.69. The molecule has 0 spiro atoms. The van der Waals surface area contributed by atoms with Gasteiger partial charge in [-0.25, -0.2) is 18.9 Å². The average Bonchev–Trinajstić information content (AvgIpc) is 2.95. The van der Waals surface area contributed by atoms with Crippen LogP contribution in [0.5, 0.6) is 0 Å². The molecule has 7 nitrogen and oxygen atoms in total. The summed E-state index contributed by atoms with van der Waals surface area (Å²) in [5.41, 5.74) is -2.97. The first-order valence-corrected chi connectivity index (χ1v) is 7.96. The summed E-state index contributed by atoms with van der Waals surface area (Å²) in [5, 5.41) is 16.8. The third-order valence-corrected chi connectivity index (χ3v) is 4.44. The van der Waals surface area contributed by atoms with Crippen LogP contribution in [0.15, 0.2) is 57.3 Å². The molecule has 0 saturated carbocycles. The van der Waals surface area contributed by atoms with Crippen molar-refractivity contribution in [2.24, 2.45) is 0 Å². The first-order valence-electron chi connectivity index (χ1n) is 7.14. The molecule has 0 bridgehead atoms. The van der Waals surface area contributed by atoms with Crippen LogP contribution in [0.3, 0.4) is 0 Å². The van der Waals surface area contributed by atoms with Crippen molar-refractivity contribution in [2.45, 2.75) is 16.2 Å². The Labute approximate surface area is 151 Å². The molecule has 3 rings (SSSR count). The molecule has 0 fully saturated rings. The van der Waals surface area contributed by atoms with Crippen molar-refractivity contribution in [3.63, 3.8) is 0 Å². The molecule has 0 saturated heterocycles. The Morgan fingerprint density at radius 3 is 2.52 bits per heavy atom. The predicted molar refractivity (Wildman–Crippen MR) is 86.4 cm³/mol. The average molecular weight is 400 g/mol. The number of H-pyrrole nitrogens is 1. The Bertz CT molecular complexity index is 1080. The van der Waals surface area contributed by atoms with Crippen molar-refractivity contribution in [3.05, 3.63) is 74.4 Å². The van der Waals surface area contributed by atoms with Crippen LogP contribution in [0, 0.1) is 15.9 Å². The summed E-state index contributed by atoms with van der Waals surface area (Å²) in [7, 11) is 0. The number of hydrogen-bond acceptors (Lipinski definition) is 5. The Morgan fingerprint density at radius 1 is 1.19 bits per heavy atom. The number of nitro groups is 1. The molecule has 140 valence electrons. The number of nitrogens with zero attached hydrogens (tertiary/aromatic N) is 3. The molecular weight excluding hydrogens is 392 g/mol. The van der Waals surface area contributed by atoms with Crippen molar-refractivity contribution in [1.29, 1.82) is 0 Å². The van der Waals surface area contributed by atoms with E-state index < -0.39 is 33.9 Å². The molecule has 1 heterocycles. The summed E-state index contributed by atoms with van der Waals surface area (Å²) in [4.78, 5) is 22.0. The Morgan fingerprint density at radius 2 is 1.89 bits per heavy atom. The maximum absolute atomic E-state index is 14.0. The van der Waals surface area contributed by atoms with E-state index in [2.05, 4.69) is 10.2 Å². The minimum atomic E-state index is -4.75. The van der Waals surface area contributed by atoms with Crippen LogP contribution in [0.4, 0.5) is 23.2 Å². The molecule has 0 atom stereocenters. The fourth-order valence-electron chi connectivity index (χ4n) is 2.22. The second-order valence-corrected chi connectivity index (χ2v) is 6.15. The summed E-state index contributed by atoms with van der Waals surface area (Å²) in [6.45, 7) is 0. The van der Waals surface area contributed by atoms with Gasteiger partial charge in [0.15, 0.2) is 0 Å². The molecule has 0 aliphatic heterocycles. The lowest BCUT2D eigenvalue weighted by Crippen LogP contribution is -2.16. The van der Waals surface area contributed by atoms with Gasteiger partial charge in [-0.05, 0) is 36.0 Å². The molecule has 1 aromatic heterocycles. The highest BCUT2D eigenvalue weighted by molar-refractivity contribution is 7.99. The van der Waals surface area contributed by atoms with Gasteiger partial charge in [-0.15, -0.1) is 5.10 Å². The van der Waals surface area contributed by atoms with E-state index in [1.165, 1.54) is 18.2 Å². The number of para-hydroxylation sites is 1. The van der Waals surface area contributed by atoms with Crippen molar-refractivity contribution < 1.29 is 22.5 Å². The number of nitrogens with one attached hydrogen (secondary N) is 1. The molecule has 0 aliphatic rings. The number of rotatable bonds is 4. The number of nitro benzene ring substituents is 1. The number of benzene rings is 2. The van der Waals surface area contributed by atoms with Crippen LogP contribution >= 0.6 is 11.8 Å². The zero-order chi connectivity index (χ0) is 19.8. The highest BCUT2D eigenvalue weighted by Gasteiger charge is 2.33. The Kier molecular flexibility index (Phi) is 4.74. The van der Waals surface area contributed by atoms with E-state index in [1.54, 1.807) is 0 Å². The lowest BCUT2D eigenvalue weighted by molar-refractivity contribution is -0.388. The molecule has 0 radical (unpaired) electrons. The van der Waals surface area contributed by atoms with Gasteiger partial charge in [-0.3, -0.25) is 10.1 Å². The van der Waals surface area contributed by atoms with E-state index in [4.69, 9.17) is 0 Å². The quantitative estimate of drug-likeness (QED) is 0.409. The van der Waals surface area contributed by atoms with Crippen LogP contribution < -0.4 is 5.69 Å². The molecule has 0 amide bonds. The first kappa shape index (κ1) is 18.6. The Balaban J connectivity index is 2.09. The van der Waals surface area contributed by atoms with Gasteiger partial charge in [0.25, 0.3) is 5.69 Å². The van der Waals surface area contributed by atoms with Crippen molar-refractivity contribution >= 4 is 17.4 Å². The minimum absolute atomic E-state index is 0.159. The molecule has 3 aromatic rings. The van der Waals surface area contributed by atoms with Gasteiger partial charge in [-0.1, -0.05) is 12.1 Å². The van der Waals surface area contributed by atoms with E-state index in [1.807, 2.05) is 0 Å². The van der Waals surface area contributed by atoms with Gasteiger partial charge in [0.05, 0.1) is 21.1 Å². The van der Waals surface area contributed by atoms with E-state index in [0.29, 0.717) is 23.9 Å². The summed E-state index contributed by atoms with van der Waals surface area (Å²) >= 11 is 0.558. The zero-order valence-corrected chi connectivity index (χ0v) is 13.8. The fourth-order valence-corrected chi connectivity index (χ4v) is 3.15. The van der Waals surface area contributed by atoms with Gasteiger partial charge in [0.2, 0.25) is 5.16 Å². The second kappa shape index (κ2) is 6.87. The minimum Gasteiger partial charge on any atom is -0.258 e. The van der Waals surface area contributed by atoms with Gasteiger partial charge >= 0.3 is 11.9 Å². The lowest BCUT2D eigenvalue weighted by Gasteiger charge is -2.09. The smallest absolute Gasteiger partial charge is 0.258 e. The number of aromatic nitrogens is 3. The standard InChI is InChI=1S/C15H8F4N4O3S/c16-9-3-1-2-4-10(9)22-13(24)20-21-14(22)27-12-6-5-8(15(17,18)19)7-11(12)23(25)26/h1-7H,(H,20,24). The zero-order valence-electron chi connectivity index (χ0n) is 13.0. The predicted octanol–water partition coefficient (Wildman–Crippen LogP) is 3.78. The molecular formula is C15H8F4N4O3S. The van der Waals surface area contributed by atoms with Gasteiger partial charge < -0.3 is 0 Å². The van der Waals surface area contributed by atoms with Crippen LogP contribution in [0.2, 0.25) is 0 Å². The topological polar surface area (TPSA) is 93.8 Å². The molecule has 0 aliphatic carbocycles. The van der Waals surface area contributed by atoms with Gasteiger partial charge in [-0.2, -0.15) is 13.2 Å². The molecule has 27 heavy (non-hydrogen) atoms. The van der Waals surface area contributed by atoms with Gasteiger partial charge in [0.1, 0.15) is 5.82 Å². The Hall–Kier alpha value is -3.15. The summed E-state index contributed by atoms with van der Waals surface area (Å²) in [6, 6.07) is 7.22. The van der Waals surface area contributed by atoms with E-state index in [-0.39, 0.29) is 15.7 Å². The van der Waals surface area contributed by atoms with Crippen LogP contribution in [0.25, 0.3) is 5.69 Å². The highest BCUT2D eigenvalue weighted by Crippen LogP contribution is 2.38. The maximum Gasteiger partial charge on any atom is 0.416 e. The van der Waals surface area contributed by atoms with Crippen molar-refractivity contribution in [1.82, 2.24) is 14.8 Å². The lowest BCUT2D eigenvalue weighted by atomic mass is 10.2. The summed E-state index contributed by atoms with van der Waals surface area (Å²) < 4.78 is 53.2. The fraction of sp³-hybridized carbons (Fsp3) is 0.0667. The first-order chi connectivity index (χ1) is 12.7. The maximum atomic E-state index is 14.0. The highest BCUT2D eigenvalue weighted by atomic mass is 32.2. The summed E-state index contributed by atoms with van der Waals surface area (Å²) in [6.07, 6.45) is -4.75. The monoisotopic (exact) mass is 400 g/mol. The normalized spacial score (nSPS) is 11.6. The molecule has 12 heteroatoms.